The van der Waals surface area contributed by atoms with Gasteiger partial charge in [0.05, 0.1) is 0 Å². The van der Waals surface area contributed by atoms with Gasteiger partial charge in [-0.3, -0.25) is 4.79 Å². The molecule has 0 aromatic carbocycles. The van der Waals surface area contributed by atoms with Crippen LogP contribution in [0.25, 0.3) is 0 Å². The van der Waals surface area contributed by atoms with Crippen molar-refractivity contribution >= 4 is 27.9 Å². The molecular formula is C18H27BrN2O3. The van der Waals surface area contributed by atoms with E-state index in [9.17, 15) is 9.59 Å². The molecular weight excluding hydrogens is 372 g/mol. The molecule has 0 spiro atoms. The van der Waals surface area contributed by atoms with Crippen LogP contribution in [0.4, 0.5) is 4.79 Å². The number of nitrogens with one attached hydrogen (secondary N) is 1. The molecule has 5 nitrogen and oxygen atoms in total. The van der Waals surface area contributed by atoms with E-state index in [1.165, 1.54) is 4.57 Å². The van der Waals surface area contributed by atoms with E-state index in [0.29, 0.717) is 15.6 Å². The van der Waals surface area contributed by atoms with Crippen molar-refractivity contribution in [2.45, 2.75) is 71.9 Å². The van der Waals surface area contributed by atoms with Gasteiger partial charge in [-0.2, -0.15) is 0 Å². The highest BCUT2D eigenvalue weighted by atomic mass is 79.9. The Bertz CT molecular complexity index is 619. The van der Waals surface area contributed by atoms with Crippen molar-refractivity contribution in [2.24, 2.45) is 5.41 Å². The molecule has 0 saturated heterocycles. The second kappa shape index (κ2) is 6.90. The summed E-state index contributed by atoms with van der Waals surface area (Å²) in [6.45, 7) is 9.92. The summed E-state index contributed by atoms with van der Waals surface area (Å²) in [5.41, 5.74) is 0.0262. The number of rotatable bonds is 2. The van der Waals surface area contributed by atoms with Crippen molar-refractivity contribution in [3.8, 4) is 0 Å². The molecule has 24 heavy (non-hydrogen) atoms. The minimum atomic E-state index is -0.615. The van der Waals surface area contributed by atoms with E-state index in [0.717, 1.165) is 25.7 Å². The highest BCUT2D eigenvalue weighted by Gasteiger charge is 2.29. The molecule has 1 amide bonds. The SMILES string of the molecule is CC1(C)CCC(NC(=O)c2cc(Br)cn2C(=O)OC(C)(C)C)CC1. The van der Waals surface area contributed by atoms with E-state index in [4.69, 9.17) is 4.74 Å². The number of hydrogen-bond donors (Lipinski definition) is 1. The van der Waals surface area contributed by atoms with Crippen LogP contribution in [0.2, 0.25) is 0 Å². The number of nitrogens with zero attached hydrogens (tertiary/aromatic N) is 1. The molecule has 1 aliphatic carbocycles. The van der Waals surface area contributed by atoms with Gasteiger partial charge in [0, 0.05) is 16.7 Å². The average molecular weight is 399 g/mol. The van der Waals surface area contributed by atoms with E-state index < -0.39 is 11.7 Å². The molecule has 0 unspecified atom stereocenters. The number of halogens is 1. The van der Waals surface area contributed by atoms with Crippen molar-refractivity contribution in [3.63, 3.8) is 0 Å². The molecule has 0 radical (unpaired) electrons. The first kappa shape index (κ1) is 19.0. The van der Waals surface area contributed by atoms with Crippen LogP contribution >= 0.6 is 15.9 Å². The first-order valence-corrected chi connectivity index (χ1v) is 9.18. The number of carbonyl (C=O) groups is 2. The number of hydrogen-bond acceptors (Lipinski definition) is 3. The molecule has 1 heterocycles. The van der Waals surface area contributed by atoms with E-state index in [-0.39, 0.29) is 11.9 Å². The maximum atomic E-state index is 12.6. The van der Waals surface area contributed by atoms with Crippen LogP contribution in [0, 0.1) is 5.41 Å². The topological polar surface area (TPSA) is 60.3 Å². The van der Waals surface area contributed by atoms with Crippen LogP contribution in [0.15, 0.2) is 16.7 Å². The molecule has 1 aromatic rings. The lowest BCUT2D eigenvalue weighted by atomic mass is 9.75. The Morgan fingerprint density at radius 3 is 2.42 bits per heavy atom. The molecule has 134 valence electrons. The van der Waals surface area contributed by atoms with Gasteiger partial charge in [0.1, 0.15) is 11.3 Å². The Morgan fingerprint density at radius 2 is 1.88 bits per heavy atom. The maximum absolute atomic E-state index is 12.6. The molecule has 1 saturated carbocycles. The number of aromatic nitrogens is 1. The summed E-state index contributed by atoms with van der Waals surface area (Å²) in [7, 11) is 0. The molecule has 1 N–H and O–H groups in total. The van der Waals surface area contributed by atoms with Crippen molar-refractivity contribution in [1.82, 2.24) is 9.88 Å². The van der Waals surface area contributed by atoms with Crippen LogP contribution in [0.1, 0.15) is 70.8 Å². The lowest BCUT2D eigenvalue weighted by molar-refractivity contribution is 0.0525. The summed E-state index contributed by atoms with van der Waals surface area (Å²) in [5.74, 6) is -0.240. The number of amides is 1. The van der Waals surface area contributed by atoms with E-state index >= 15 is 0 Å². The van der Waals surface area contributed by atoms with Crippen molar-refractivity contribution in [1.29, 1.82) is 0 Å². The van der Waals surface area contributed by atoms with Gasteiger partial charge in [0.25, 0.3) is 5.91 Å². The molecule has 6 heteroatoms. The smallest absolute Gasteiger partial charge is 0.419 e. The Morgan fingerprint density at radius 1 is 1.29 bits per heavy atom. The third-order valence-electron chi connectivity index (χ3n) is 4.28. The Labute approximate surface area is 152 Å². The van der Waals surface area contributed by atoms with Crippen LogP contribution in [0.5, 0.6) is 0 Å². The Hall–Kier alpha value is -1.30. The summed E-state index contributed by atoms with van der Waals surface area (Å²) in [5, 5.41) is 3.06. The molecule has 1 aromatic heterocycles. The van der Waals surface area contributed by atoms with E-state index in [1.54, 1.807) is 33.0 Å². The lowest BCUT2D eigenvalue weighted by Gasteiger charge is -2.34. The van der Waals surface area contributed by atoms with Gasteiger partial charge >= 0.3 is 6.09 Å². The monoisotopic (exact) mass is 398 g/mol. The quantitative estimate of drug-likeness (QED) is 0.782. The Kier molecular flexibility index (Phi) is 5.47. The summed E-state index contributed by atoms with van der Waals surface area (Å²) < 4.78 is 7.30. The summed E-state index contributed by atoms with van der Waals surface area (Å²) in [6, 6.07) is 1.80. The highest BCUT2D eigenvalue weighted by Crippen LogP contribution is 2.35. The van der Waals surface area contributed by atoms with Gasteiger partial charge in [-0.1, -0.05) is 13.8 Å². The predicted octanol–water partition coefficient (Wildman–Crippen LogP) is 4.73. The van der Waals surface area contributed by atoms with Crippen LogP contribution in [0.3, 0.4) is 0 Å². The molecule has 0 atom stereocenters. The zero-order valence-electron chi connectivity index (χ0n) is 15.1. The zero-order chi connectivity index (χ0) is 18.1. The first-order chi connectivity index (χ1) is 11.0. The number of carbonyl (C=O) groups excluding carboxylic acids is 2. The van der Waals surface area contributed by atoms with Crippen molar-refractivity contribution in [3.05, 3.63) is 22.4 Å². The van der Waals surface area contributed by atoms with Gasteiger partial charge in [-0.15, -0.1) is 0 Å². The van der Waals surface area contributed by atoms with E-state index in [1.807, 2.05) is 0 Å². The largest absolute Gasteiger partial charge is 0.443 e. The second-order valence-electron chi connectivity index (χ2n) is 8.31. The lowest BCUT2D eigenvalue weighted by Crippen LogP contribution is -2.40. The fraction of sp³-hybridized carbons (Fsp3) is 0.667. The van der Waals surface area contributed by atoms with E-state index in [2.05, 4.69) is 35.1 Å². The van der Waals surface area contributed by atoms with Gasteiger partial charge < -0.3 is 10.1 Å². The van der Waals surface area contributed by atoms with Crippen LogP contribution in [-0.4, -0.2) is 28.2 Å². The first-order valence-electron chi connectivity index (χ1n) is 8.39. The molecule has 0 aliphatic heterocycles. The fourth-order valence-corrected chi connectivity index (χ4v) is 3.29. The molecule has 1 aliphatic rings. The van der Waals surface area contributed by atoms with Gasteiger partial charge in [-0.05, 0) is 73.9 Å². The predicted molar refractivity (Wildman–Crippen MR) is 97.3 cm³/mol. The van der Waals surface area contributed by atoms with Gasteiger partial charge in [-0.25, -0.2) is 9.36 Å². The maximum Gasteiger partial charge on any atom is 0.419 e. The van der Waals surface area contributed by atoms with Crippen molar-refractivity contribution in [2.75, 3.05) is 0 Å². The molecule has 0 bridgehead atoms. The normalized spacial score (nSPS) is 18.2. The van der Waals surface area contributed by atoms with Gasteiger partial charge in [0.15, 0.2) is 0 Å². The zero-order valence-corrected chi connectivity index (χ0v) is 16.7. The molecule has 2 rings (SSSR count). The highest BCUT2D eigenvalue weighted by molar-refractivity contribution is 9.10. The minimum Gasteiger partial charge on any atom is -0.443 e. The van der Waals surface area contributed by atoms with Crippen LogP contribution < -0.4 is 5.32 Å². The average Bonchev–Trinajstić information content (AvgIpc) is 2.82. The van der Waals surface area contributed by atoms with Gasteiger partial charge in [0.2, 0.25) is 0 Å². The Balaban J connectivity index is 2.09. The molecule has 1 fully saturated rings. The van der Waals surface area contributed by atoms with Crippen molar-refractivity contribution < 1.29 is 14.3 Å². The summed E-state index contributed by atoms with van der Waals surface area (Å²) in [6.07, 6.45) is 5.12. The second-order valence-corrected chi connectivity index (χ2v) is 9.22. The minimum absolute atomic E-state index is 0.159. The fourth-order valence-electron chi connectivity index (χ4n) is 2.87. The third kappa shape index (κ3) is 5.10. The standard InChI is InChI=1S/C18H27BrN2O3/c1-17(2,3)24-16(23)21-11-12(19)10-14(21)15(22)20-13-6-8-18(4,5)9-7-13/h10-11,13H,6-9H2,1-5H3,(H,20,22). The summed E-state index contributed by atoms with van der Waals surface area (Å²) >= 11 is 3.33. The van der Waals surface area contributed by atoms with Crippen LogP contribution in [-0.2, 0) is 4.74 Å². The number of ether oxygens (including phenoxy) is 1. The summed E-state index contributed by atoms with van der Waals surface area (Å²) in [4.78, 5) is 24.9. The third-order valence-corrected chi connectivity index (χ3v) is 4.72.